The number of nitrogens with one attached hydrogen (secondary N) is 1. The highest BCUT2D eigenvalue weighted by Gasteiger charge is 2.34. The summed E-state index contributed by atoms with van der Waals surface area (Å²) < 4.78 is 1.68. The van der Waals surface area contributed by atoms with Crippen LogP contribution in [0.2, 0.25) is 0 Å². The third-order valence-electron chi connectivity index (χ3n) is 4.11. The lowest BCUT2D eigenvalue weighted by molar-refractivity contribution is -0.144. The van der Waals surface area contributed by atoms with Crippen LogP contribution in [0.5, 0.6) is 0 Å². The van der Waals surface area contributed by atoms with Gasteiger partial charge in [0.15, 0.2) is 5.78 Å². The molecule has 0 saturated heterocycles. The van der Waals surface area contributed by atoms with Gasteiger partial charge in [-0.15, -0.1) is 0 Å². The predicted octanol–water partition coefficient (Wildman–Crippen LogP) is 0.0927. The predicted molar refractivity (Wildman–Crippen MR) is 90.0 cm³/mol. The van der Waals surface area contributed by atoms with E-state index in [1.807, 2.05) is 24.3 Å². The summed E-state index contributed by atoms with van der Waals surface area (Å²) in [7, 11) is 1.72. The number of carbonyl (C=O) groups excluding carboxylic acids is 3. The highest BCUT2D eigenvalue weighted by atomic mass is 16.4. The number of carboxylic acid groups (broad SMARTS) is 1. The van der Waals surface area contributed by atoms with Crippen molar-refractivity contribution in [3.63, 3.8) is 0 Å². The standard InChI is InChI=1S/C17H19N3O5/c1-9(15(22)11(8-21)14(18)17(24)25)19-16(23)13-7-10-5-3-4-6-12(10)20(13)2/h3-9,11,14H,18H2,1-2H3,(H,19,23)(H,24,25)/t9-,11+,14?/m0/s1. The summed E-state index contributed by atoms with van der Waals surface area (Å²) in [6, 6.07) is 6.37. The number of carbonyl (C=O) groups is 4. The summed E-state index contributed by atoms with van der Waals surface area (Å²) in [5.74, 6) is -4.25. The van der Waals surface area contributed by atoms with E-state index in [1.165, 1.54) is 6.92 Å². The van der Waals surface area contributed by atoms with Crippen molar-refractivity contribution in [1.29, 1.82) is 0 Å². The number of fused-ring (bicyclic) bond motifs is 1. The molecule has 25 heavy (non-hydrogen) atoms. The van der Waals surface area contributed by atoms with Gasteiger partial charge in [0.25, 0.3) is 5.91 Å². The maximum absolute atomic E-state index is 12.4. The molecule has 1 amide bonds. The minimum absolute atomic E-state index is 0.195. The number of aromatic nitrogens is 1. The van der Waals surface area contributed by atoms with Crippen LogP contribution in [0.3, 0.4) is 0 Å². The lowest BCUT2D eigenvalue weighted by Crippen LogP contribution is -2.50. The molecular weight excluding hydrogens is 326 g/mol. The van der Waals surface area contributed by atoms with Crippen molar-refractivity contribution in [2.24, 2.45) is 18.7 Å². The first kappa shape index (κ1) is 18.3. The molecule has 8 nitrogen and oxygen atoms in total. The van der Waals surface area contributed by atoms with Crippen LogP contribution in [0.15, 0.2) is 30.3 Å². The van der Waals surface area contributed by atoms with E-state index in [2.05, 4.69) is 5.32 Å². The summed E-state index contributed by atoms with van der Waals surface area (Å²) in [6.07, 6.45) is 0.195. The largest absolute Gasteiger partial charge is 0.480 e. The third-order valence-corrected chi connectivity index (χ3v) is 4.11. The van der Waals surface area contributed by atoms with Gasteiger partial charge >= 0.3 is 5.97 Å². The zero-order valence-corrected chi connectivity index (χ0v) is 13.8. The minimum Gasteiger partial charge on any atom is -0.480 e. The smallest absolute Gasteiger partial charge is 0.321 e. The van der Waals surface area contributed by atoms with E-state index in [1.54, 1.807) is 17.7 Å². The number of ketones is 1. The van der Waals surface area contributed by atoms with Gasteiger partial charge in [-0.05, 0) is 19.1 Å². The summed E-state index contributed by atoms with van der Waals surface area (Å²) in [5.41, 5.74) is 6.55. The van der Waals surface area contributed by atoms with E-state index < -0.39 is 35.7 Å². The first-order valence-electron chi connectivity index (χ1n) is 7.60. The molecule has 3 atom stereocenters. The number of para-hydroxylation sites is 1. The van der Waals surface area contributed by atoms with Crippen molar-refractivity contribution < 1.29 is 24.3 Å². The normalized spacial score (nSPS) is 14.5. The second kappa shape index (κ2) is 7.27. The second-order valence-electron chi connectivity index (χ2n) is 5.77. The van der Waals surface area contributed by atoms with Gasteiger partial charge in [0, 0.05) is 18.0 Å². The summed E-state index contributed by atoms with van der Waals surface area (Å²) in [4.78, 5) is 46.6. The number of hydrogen-bond donors (Lipinski definition) is 3. The van der Waals surface area contributed by atoms with E-state index in [4.69, 9.17) is 10.8 Å². The van der Waals surface area contributed by atoms with Crippen molar-refractivity contribution in [2.75, 3.05) is 0 Å². The number of aldehydes is 1. The summed E-state index contributed by atoms with van der Waals surface area (Å²) in [6.45, 7) is 1.38. The van der Waals surface area contributed by atoms with Crippen molar-refractivity contribution in [1.82, 2.24) is 9.88 Å². The fourth-order valence-electron chi connectivity index (χ4n) is 2.62. The highest BCUT2D eigenvalue weighted by Crippen LogP contribution is 2.18. The van der Waals surface area contributed by atoms with Gasteiger partial charge in [0.1, 0.15) is 23.9 Å². The Morgan fingerprint density at radius 3 is 2.48 bits per heavy atom. The van der Waals surface area contributed by atoms with Gasteiger partial charge in [0.05, 0.1) is 6.04 Å². The number of nitrogens with zero attached hydrogens (tertiary/aromatic N) is 1. The number of amides is 1. The highest BCUT2D eigenvalue weighted by molar-refractivity contribution is 6.05. The second-order valence-corrected chi connectivity index (χ2v) is 5.77. The molecule has 2 rings (SSSR count). The lowest BCUT2D eigenvalue weighted by atomic mass is 9.93. The number of nitrogens with two attached hydrogens (primary N) is 1. The zero-order chi connectivity index (χ0) is 18.7. The van der Waals surface area contributed by atoms with Gasteiger partial charge in [-0.2, -0.15) is 0 Å². The maximum Gasteiger partial charge on any atom is 0.321 e. The first-order valence-corrected chi connectivity index (χ1v) is 7.60. The molecule has 0 aliphatic carbocycles. The molecule has 1 heterocycles. The van der Waals surface area contributed by atoms with Gasteiger partial charge in [0.2, 0.25) is 0 Å². The van der Waals surface area contributed by atoms with Gasteiger partial charge < -0.3 is 25.5 Å². The van der Waals surface area contributed by atoms with E-state index in [-0.39, 0.29) is 6.29 Å². The van der Waals surface area contributed by atoms with Crippen molar-refractivity contribution in [3.05, 3.63) is 36.0 Å². The molecule has 0 spiro atoms. The Balaban J connectivity index is 2.18. The number of rotatable bonds is 7. The quantitative estimate of drug-likeness (QED) is 0.481. The van der Waals surface area contributed by atoms with Crippen LogP contribution in [0.4, 0.5) is 0 Å². The first-order chi connectivity index (χ1) is 11.8. The third kappa shape index (κ3) is 3.58. The van der Waals surface area contributed by atoms with Crippen LogP contribution in [-0.2, 0) is 21.4 Å². The molecule has 0 aliphatic heterocycles. The Morgan fingerprint density at radius 1 is 1.28 bits per heavy atom. The molecule has 0 fully saturated rings. The Morgan fingerprint density at radius 2 is 1.92 bits per heavy atom. The number of Topliss-reactive ketones (excluding diaryl/α,β-unsaturated/α-hetero) is 1. The number of aliphatic carboxylic acids is 1. The molecule has 1 aromatic heterocycles. The van der Waals surface area contributed by atoms with Gasteiger partial charge in [-0.3, -0.25) is 14.4 Å². The van der Waals surface area contributed by atoms with E-state index in [0.717, 1.165) is 10.9 Å². The van der Waals surface area contributed by atoms with Crippen LogP contribution in [-0.4, -0.2) is 45.7 Å². The van der Waals surface area contributed by atoms with Gasteiger partial charge in [-0.25, -0.2) is 0 Å². The van der Waals surface area contributed by atoms with Crippen molar-refractivity contribution >= 4 is 34.8 Å². The molecular formula is C17H19N3O5. The Bertz CT molecular complexity index is 842. The molecule has 0 radical (unpaired) electrons. The molecule has 4 N–H and O–H groups in total. The minimum atomic E-state index is -1.65. The zero-order valence-electron chi connectivity index (χ0n) is 13.8. The number of benzene rings is 1. The molecule has 132 valence electrons. The Labute approximate surface area is 143 Å². The Hall–Kier alpha value is -3.00. The van der Waals surface area contributed by atoms with Crippen LogP contribution in [0, 0.1) is 5.92 Å². The number of carboxylic acids is 1. The molecule has 1 aromatic carbocycles. The lowest BCUT2D eigenvalue weighted by Gasteiger charge is -2.19. The molecule has 1 unspecified atom stereocenters. The molecule has 2 aromatic rings. The fraction of sp³-hybridized carbons (Fsp3) is 0.294. The molecule has 0 aliphatic rings. The monoisotopic (exact) mass is 345 g/mol. The SMILES string of the molecule is C[C@H](NC(=O)c1cc2ccccc2n1C)C(=O)[C@H](C=O)C(N)C(=O)O. The maximum atomic E-state index is 12.4. The van der Waals surface area contributed by atoms with Crippen LogP contribution >= 0.6 is 0 Å². The molecule has 0 bridgehead atoms. The Kier molecular flexibility index (Phi) is 5.33. The van der Waals surface area contributed by atoms with Crippen molar-refractivity contribution in [2.45, 2.75) is 19.0 Å². The number of aryl methyl sites for hydroxylation is 1. The fourth-order valence-corrected chi connectivity index (χ4v) is 2.62. The van der Waals surface area contributed by atoms with E-state index >= 15 is 0 Å². The van der Waals surface area contributed by atoms with Crippen LogP contribution in [0.25, 0.3) is 10.9 Å². The van der Waals surface area contributed by atoms with E-state index in [9.17, 15) is 19.2 Å². The van der Waals surface area contributed by atoms with Crippen molar-refractivity contribution in [3.8, 4) is 0 Å². The summed E-state index contributed by atoms with van der Waals surface area (Å²) >= 11 is 0. The molecule has 8 heteroatoms. The van der Waals surface area contributed by atoms with E-state index in [0.29, 0.717) is 5.69 Å². The summed E-state index contributed by atoms with van der Waals surface area (Å²) in [5, 5.41) is 12.2. The average molecular weight is 345 g/mol. The van der Waals surface area contributed by atoms with Gasteiger partial charge in [-0.1, -0.05) is 18.2 Å². The van der Waals surface area contributed by atoms with Crippen LogP contribution in [0.1, 0.15) is 17.4 Å². The topological polar surface area (TPSA) is 131 Å². The average Bonchev–Trinajstić information content (AvgIpc) is 2.92. The van der Waals surface area contributed by atoms with Crippen LogP contribution < -0.4 is 11.1 Å². The molecule has 0 saturated carbocycles. The number of hydrogen-bond acceptors (Lipinski definition) is 5.